The van der Waals surface area contributed by atoms with Crippen LogP contribution in [0.4, 0.5) is 0 Å². The molecule has 1 amide bonds. The highest BCUT2D eigenvalue weighted by molar-refractivity contribution is 5.76. The van der Waals surface area contributed by atoms with E-state index in [0.717, 1.165) is 70.6 Å². The number of unbranched alkanes of at least 4 members (excludes halogenated alkanes) is 11. The summed E-state index contributed by atoms with van der Waals surface area (Å²) in [7, 11) is 0. The Labute approximate surface area is 253 Å². The van der Waals surface area contributed by atoms with E-state index in [9.17, 15) is 15.0 Å². The van der Waals surface area contributed by atoms with Crippen LogP contribution >= 0.6 is 0 Å². The van der Waals surface area contributed by atoms with Gasteiger partial charge in [-0.05, 0) is 64.2 Å². The summed E-state index contributed by atoms with van der Waals surface area (Å²) in [6.07, 6.45) is 45.7. The first-order chi connectivity index (χ1) is 20.2. The summed E-state index contributed by atoms with van der Waals surface area (Å²) >= 11 is 0. The Balaban J connectivity index is 3.64. The summed E-state index contributed by atoms with van der Waals surface area (Å²) < 4.78 is 0. The minimum Gasteiger partial charge on any atom is -0.394 e. The number of rotatable bonds is 28. The highest BCUT2D eigenvalue weighted by atomic mass is 16.3. The number of allylic oxidation sites excluding steroid dienone is 11. The van der Waals surface area contributed by atoms with E-state index < -0.39 is 12.1 Å². The van der Waals surface area contributed by atoms with Crippen molar-refractivity contribution in [2.45, 2.75) is 148 Å². The molecule has 0 heterocycles. The average molecular weight is 570 g/mol. The molecule has 0 saturated carbocycles. The van der Waals surface area contributed by atoms with Crippen LogP contribution < -0.4 is 5.32 Å². The molecule has 0 aliphatic rings. The summed E-state index contributed by atoms with van der Waals surface area (Å²) in [6, 6.07) is -0.627. The van der Waals surface area contributed by atoms with Gasteiger partial charge in [0.05, 0.1) is 18.8 Å². The lowest BCUT2D eigenvalue weighted by Gasteiger charge is -2.20. The maximum Gasteiger partial charge on any atom is 0.220 e. The maximum absolute atomic E-state index is 12.2. The first-order valence-corrected chi connectivity index (χ1v) is 16.7. The normalized spacial score (nSPS) is 14.1. The van der Waals surface area contributed by atoms with Crippen LogP contribution in [0.5, 0.6) is 0 Å². The second-order valence-corrected chi connectivity index (χ2v) is 10.8. The monoisotopic (exact) mass is 569 g/mol. The van der Waals surface area contributed by atoms with Gasteiger partial charge in [-0.15, -0.1) is 0 Å². The fraction of sp³-hybridized carbons (Fsp3) is 0.649. The number of carbonyl (C=O) groups is 1. The second-order valence-electron chi connectivity index (χ2n) is 10.8. The van der Waals surface area contributed by atoms with Crippen LogP contribution in [0.3, 0.4) is 0 Å². The van der Waals surface area contributed by atoms with E-state index in [0.29, 0.717) is 6.42 Å². The van der Waals surface area contributed by atoms with E-state index in [1.54, 1.807) is 6.08 Å². The van der Waals surface area contributed by atoms with Gasteiger partial charge in [-0.25, -0.2) is 0 Å². The van der Waals surface area contributed by atoms with Gasteiger partial charge in [0.25, 0.3) is 0 Å². The minimum absolute atomic E-state index is 0.0866. The number of carbonyl (C=O) groups excluding carboxylic acids is 1. The van der Waals surface area contributed by atoms with Gasteiger partial charge < -0.3 is 15.5 Å². The van der Waals surface area contributed by atoms with E-state index in [1.165, 1.54) is 44.9 Å². The Morgan fingerprint density at radius 2 is 1.07 bits per heavy atom. The molecule has 2 atom stereocenters. The quantitative estimate of drug-likeness (QED) is 0.0649. The van der Waals surface area contributed by atoms with E-state index in [-0.39, 0.29) is 12.5 Å². The second kappa shape index (κ2) is 32.3. The summed E-state index contributed by atoms with van der Waals surface area (Å²) in [5.74, 6) is -0.0866. The fourth-order valence-corrected chi connectivity index (χ4v) is 4.38. The molecule has 0 bridgehead atoms. The largest absolute Gasteiger partial charge is 0.394 e. The Morgan fingerprint density at radius 1 is 0.610 bits per heavy atom. The van der Waals surface area contributed by atoms with Crippen molar-refractivity contribution in [3.8, 4) is 0 Å². The molecule has 0 aromatic rings. The third kappa shape index (κ3) is 29.1. The third-order valence-corrected chi connectivity index (χ3v) is 6.95. The van der Waals surface area contributed by atoms with Gasteiger partial charge >= 0.3 is 0 Å². The molecular formula is C37H63NO3. The summed E-state index contributed by atoms with van der Waals surface area (Å²) in [4.78, 5) is 12.2. The number of aliphatic hydroxyl groups is 2. The molecule has 0 rings (SSSR count). The Kier molecular flexibility index (Phi) is 30.6. The summed E-state index contributed by atoms with van der Waals surface area (Å²) in [5, 5.41) is 22.6. The molecule has 0 spiro atoms. The van der Waals surface area contributed by atoms with Crippen molar-refractivity contribution in [2.24, 2.45) is 0 Å². The first kappa shape index (κ1) is 38.8. The van der Waals surface area contributed by atoms with Crippen LogP contribution in [0.25, 0.3) is 0 Å². The predicted molar refractivity (Wildman–Crippen MR) is 179 cm³/mol. The molecule has 0 aliphatic heterocycles. The maximum atomic E-state index is 12.2. The van der Waals surface area contributed by atoms with Gasteiger partial charge in [0.15, 0.2) is 0 Å². The smallest absolute Gasteiger partial charge is 0.220 e. The van der Waals surface area contributed by atoms with E-state index >= 15 is 0 Å². The highest BCUT2D eigenvalue weighted by Crippen LogP contribution is 2.11. The van der Waals surface area contributed by atoms with Crippen molar-refractivity contribution < 1.29 is 15.0 Å². The zero-order chi connectivity index (χ0) is 30.1. The number of nitrogens with one attached hydrogen (secondary N) is 1. The van der Waals surface area contributed by atoms with E-state index in [2.05, 4.69) is 79.9 Å². The zero-order valence-electron chi connectivity index (χ0n) is 26.5. The van der Waals surface area contributed by atoms with Gasteiger partial charge in [-0.1, -0.05) is 138 Å². The van der Waals surface area contributed by atoms with Crippen LogP contribution in [0.2, 0.25) is 0 Å². The molecule has 0 aromatic carbocycles. The molecule has 0 aromatic heterocycles. The molecule has 41 heavy (non-hydrogen) atoms. The SMILES string of the molecule is CC/C=C\C/C=C\C/C=C\C/C=C\C/C=C\CCCCCCCCCC(=O)NC(CO)C(O)/C=C/CCCCCC. The van der Waals surface area contributed by atoms with Crippen LogP contribution in [0, 0.1) is 0 Å². The molecule has 4 heteroatoms. The van der Waals surface area contributed by atoms with Crippen molar-refractivity contribution in [3.05, 3.63) is 72.9 Å². The number of hydrogen-bond acceptors (Lipinski definition) is 3. The van der Waals surface area contributed by atoms with Crippen LogP contribution in [-0.4, -0.2) is 34.9 Å². The standard InChI is InChI=1S/C37H63NO3/c1-3-5-7-9-11-12-13-14-15-16-17-18-19-20-21-22-23-24-25-26-27-29-31-33-37(41)38-35(34-39)36(40)32-30-28-10-8-6-4-2/h5,7,11-12,14-15,17-18,20-21,30,32,35-36,39-40H,3-4,6,8-10,13,16,19,22-29,31,33-34H2,1-2H3,(H,38,41)/b7-5-,12-11-,15-14-,18-17-,21-20-,32-30+. The van der Waals surface area contributed by atoms with Crippen LogP contribution in [0.15, 0.2) is 72.9 Å². The number of hydrogen-bond donors (Lipinski definition) is 3. The minimum atomic E-state index is -0.843. The van der Waals surface area contributed by atoms with Crippen molar-refractivity contribution in [3.63, 3.8) is 0 Å². The van der Waals surface area contributed by atoms with Crippen molar-refractivity contribution >= 4 is 5.91 Å². The first-order valence-electron chi connectivity index (χ1n) is 16.7. The Bertz CT molecular complexity index is 747. The van der Waals surface area contributed by atoms with Crippen molar-refractivity contribution in [1.82, 2.24) is 5.32 Å². The highest BCUT2D eigenvalue weighted by Gasteiger charge is 2.17. The van der Waals surface area contributed by atoms with Crippen molar-refractivity contribution in [2.75, 3.05) is 6.61 Å². The van der Waals surface area contributed by atoms with Crippen LogP contribution in [-0.2, 0) is 4.79 Å². The molecule has 0 aliphatic carbocycles. The molecular weight excluding hydrogens is 506 g/mol. The Hall–Kier alpha value is -2.17. The molecule has 4 nitrogen and oxygen atoms in total. The lowest BCUT2D eigenvalue weighted by atomic mass is 10.1. The third-order valence-electron chi connectivity index (χ3n) is 6.95. The van der Waals surface area contributed by atoms with Crippen LogP contribution in [0.1, 0.15) is 136 Å². The van der Waals surface area contributed by atoms with Crippen molar-refractivity contribution in [1.29, 1.82) is 0 Å². The number of amides is 1. The van der Waals surface area contributed by atoms with E-state index in [1.807, 2.05) is 6.08 Å². The fourth-order valence-electron chi connectivity index (χ4n) is 4.38. The Morgan fingerprint density at radius 3 is 1.61 bits per heavy atom. The number of aliphatic hydroxyl groups excluding tert-OH is 2. The zero-order valence-corrected chi connectivity index (χ0v) is 26.5. The molecule has 0 saturated heterocycles. The molecule has 3 N–H and O–H groups in total. The van der Waals surface area contributed by atoms with Gasteiger partial charge in [0, 0.05) is 6.42 Å². The predicted octanol–water partition coefficient (Wildman–Crippen LogP) is 9.61. The molecule has 0 radical (unpaired) electrons. The lowest BCUT2D eigenvalue weighted by Crippen LogP contribution is -2.45. The molecule has 2 unspecified atom stereocenters. The lowest BCUT2D eigenvalue weighted by molar-refractivity contribution is -0.123. The molecule has 0 fully saturated rings. The van der Waals surface area contributed by atoms with Gasteiger partial charge in [-0.3, -0.25) is 4.79 Å². The summed E-state index contributed by atoms with van der Waals surface area (Å²) in [5.41, 5.74) is 0. The molecule has 234 valence electrons. The van der Waals surface area contributed by atoms with Gasteiger partial charge in [-0.2, -0.15) is 0 Å². The average Bonchev–Trinajstić information content (AvgIpc) is 2.97. The van der Waals surface area contributed by atoms with Gasteiger partial charge in [0.2, 0.25) is 5.91 Å². The van der Waals surface area contributed by atoms with E-state index in [4.69, 9.17) is 0 Å². The van der Waals surface area contributed by atoms with Gasteiger partial charge in [0.1, 0.15) is 0 Å². The topological polar surface area (TPSA) is 69.6 Å². The summed E-state index contributed by atoms with van der Waals surface area (Å²) in [6.45, 7) is 4.09.